The average Bonchev–Trinajstić information content (AvgIpc) is 3.47. The van der Waals surface area contributed by atoms with Crippen LogP contribution >= 0.6 is 0 Å². The summed E-state index contributed by atoms with van der Waals surface area (Å²) >= 11 is 0. The SMILES string of the molecule is O=C(NCC(F)(F)F)N1C[C@H]2CC34CCC1C2C31CCN(CC2CC2)C4Cc2ccc(O)cc21. The zero-order valence-electron chi connectivity index (χ0n) is 19.3. The Morgan fingerprint density at radius 2 is 2.03 bits per heavy atom. The van der Waals surface area contributed by atoms with Crippen molar-refractivity contribution in [2.45, 2.75) is 68.6 Å². The quantitative estimate of drug-likeness (QED) is 0.694. The number of halogens is 3. The molecule has 6 atom stereocenters. The van der Waals surface area contributed by atoms with Crippen LogP contribution in [0.4, 0.5) is 18.0 Å². The number of fused-ring (bicyclic) bond motifs is 1. The number of urea groups is 1. The van der Waals surface area contributed by atoms with Crippen LogP contribution in [0.1, 0.15) is 49.7 Å². The van der Waals surface area contributed by atoms with Gasteiger partial charge in [-0.15, -0.1) is 0 Å². The Morgan fingerprint density at radius 3 is 2.79 bits per heavy atom. The molecule has 0 radical (unpaired) electrons. The number of hydrogen-bond acceptors (Lipinski definition) is 3. The third-order valence-electron chi connectivity index (χ3n) is 10.5. The number of likely N-dealkylation sites (tertiary alicyclic amines) is 2. The smallest absolute Gasteiger partial charge is 0.405 e. The van der Waals surface area contributed by atoms with Gasteiger partial charge in [0, 0.05) is 30.6 Å². The summed E-state index contributed by atoms with van der Waals surface area (Å²) in [6, 6.07) is 5.75. The first-order valence-corrected chi connectivity index (χ1v) is 12.9. The predicted molar refractivity (Wildman–Crippen MR) is 119 cm³/mol. The van der Waals surface area contributed by atoms with Crippen LogP contribution in [0.2, 0.25) is 0 Å². The van der Waals surface area contributed by atoms with E-state index in [0.717, 1.165) is 44.6 Å². The molecule has 1 aromatic carbocycles. The standard InChI is InChI=1S/C26H32F3N3O2/c27-26(28,29)14-30-23(34)32-13-17-11-24-6-5-20(32)22(17)25(24)7-8-31(12-15-1-2-15)21(24)9-16-3-4-18(33)10-19(16)25/h3-4,10,15,17,20-22,33H,1-2,5-9,11-14H2,(H,30,34)/t17-,20?,21?,22?,24?,25?/m1/s1. The molecule has 2 amide bonds. The Balaban J connectivity index is 1.29. The van der Waals surface area contributed by atoms with Gasteiger partial charge in [0.15, 0.2) is 0 Å². The number of nitrogens with zero attached hydrogens (tertiary/aromatic N) is 2. The van der Waals surface area contributed by atoms with Crippen molar-refractivity contribution in [2.24, 2.45) is 23.2 Å². The number of phenolic OH excluding ortho intramolecular Hbond substituents is 1. The number of aromatic hydroxyl groups is 1. The molecule has 2 aliphatic heterocycles. The maximum Gasteiger partial charge on any atom is 0.405 e. The lowest BCUT2D eigenvalue weighted by molar-refractivity contribution is -0.123. The maximum atomic E-state index is 12.9. The number of amides is 2. The van der Waals surface area contributed by atoms with E-state index >= 15 is 0 Å². The second kappa shape index (κ2) is 6.83. The molecule has 6 aliphatic rings. The van der Waals surface area contributed by atoms with E-state index in [-0.39, 0.29) is 22.8 Å². The topological polar surface area (TPSA) is 55.8 Å². The monoisotopic (exact) mass is 475 g/mol. The first-order valence-electron chi connectivity index (χ1n) is 12.9. The van der Waals surface area contributed by atoms with Crippen LogP contribution < -0.4 is 5.32 Å². The van der Waals surface area contributed by atoms with Crippen molar-refractivity contribution in [1.29, 1.82) is 0 Å². The number of piperidine rings is 1. The van der Waals surface area contributed by atoms with Gasteiger partial charge in [-0.3, -0.25) is 4.90 Å². The van der Waals surface area contributed by atoms with Gasteiger partial charge >= 0.3 is 12.2 Å². The van der Waals surface area contributed by atoms with E-state index in [2.05, 4.69) is 16.3 Å². The summed E-state index contributed by atoms with van der Waals surface area (Å²) in [7, 11) is 0. The summed E-state index contributed by atoms with van der Waals surface area (Å²) < 4.78 is 38.3. The first kappa shape index (κ1) is 21.3. The number of alkyl halides is 3. The van der Waals surface area contributed by atoms with Crippen molar-refractivity contribution < 1.29 is 23.1 Å². The number of nitrogens with one attached hydrogen (secondary N) is 1. The van der Waals surface area contributed by atoms with Crippen LogP contribution in [-0.4, -0.2) is 65.4 Å². The Labute approximate surface area is 197 Å². The highest BCUT2D eigenvalue weighted by atomic mass is 19.4. The van der Waals surface area contributed by atoms with Crippen LogP contribution in [0.25, 0.3) is 0 Å². The van der Waals surface area contributed by atoms with E-state index in [9.17, 15) is 23.1 Å². The predicted octanol–water partition coefficient (Wildman–Crippen LogP) is 4.04. The number of rotatable bonds is 3. The van der Waals surface area contributed by atoms with E-state index in [1.54, 1.807) is 11.0 Å². The molecule has 184 valence electrons. The molecule has 2 N–H and O–H groups in total. The molecule has 2 saturated heterocycles. The fraction of sp³-hybridized carbons (Fsp3) is 0.731. The largest absolute Gasteiger partial charge is 0.508 e. The van der Waals surface area contributed by atoms with E-state index in [1.165, 1.54) is 30.5 Å². The summed E-state index contributed by atoms with van der Waals surface area (Å²) in [5.74, 6) is 1.68. The maximum absolute atomic E-state index is 12.9. The van der Waals surface area contributed by atoms with E-state index in [0.29, 0.717) is 24.3 Å². The van der Waals surface area contributed by atoms with Crippen molar-refractivity contribution in [1.82, 2.24) is 15.1 Å². The molecule has 5 fully saturated rings. The number of phenols is 1. The minimum atomic E-state index is -4.41. The number of benzene rings is 1. The molecular formula is C26H32F3N3O2. The molecule has 8 heteroatoms. The third-order valence-corrected chi connectivity index (χ3v) is 10.5. The highest BCUT2D eigenvalue weighted by Crippen LogP contribution is 2.75. The second-order valence-corrected chi connectivity index (χ2v) is 11.9. The Hall–Kier alpha value is -1.96. The first-order chi connectivity index (χ1) is 16.2. The molecule has 4 aliphatic carbocycles. The summed E-state index contributed by atoms with van der Waals surface area (Å²) in [6.45, 7) is 1.48. The minimum Gasteiger partial charge on any atom is -0.508 e. The van der Waals surface area contributed by atoms with Crippen molar-refractivity contribution >= 4 is 6.03 Å². The normalized spacial score (nSPS) is 40.1. The van der Waals surface area contributed by atoms with Gasteiger partial charge in [0.25, 0.3) is 0 Å². The zero-order valence-corrected chi connectivity index (χ0v) is 19.3. The molecule has 5 unspecified atom stereocenters. The van der Waals surface area contributed by atoms with Crippen molar-refractivity contribution in [3.8, 4) is 5.75 Å². The van der Waals surface area contributed by atoms with Gasteiger partial charge in [0.2, 0.25) is 0 Å². The van der Waals surface area contributed by atoms with Crippen molar-refractivity contribution in [3.63, 3.8) is 0 Å². The Kier molecular flexibility index (Phi) is 4.29. The summed E-state index contributed by atoms with van der Waals surface area (Å²) in [5.41, 5.74) is 2.63. The molecule has 0 spiro atoms. The van der Waals surface area contributed by atoms with Crippen molar-refractivity contribution in [2.75, 3.05) is 26.2 Å². The van der Waals surface area contributed by atoms with Crippen LogP contribution in [0.5, 0.6) is 5.75 Å². The van der Waals surface area contributed by atoms with Crippen LogP contribution in [0.15, 0.2) is 18.2 Å². The lowest BCUT2D eigenvalue weighted by Gasteiger charge is -2.66. The van der Waals surface area contributed by atoms with E-state index in [1.807, 2.05) is 6.07 Å². The summed E-state index contributed by atoms with van der Waals surface area (Å²) in [5, 5.41) is 12.6. The Morgan fingerprint density at radius 1 is 1.21 bits per heavy atom. The van der Waals surface area contributed by atoms with Crippen LogP contribution in [0, 0.1) is 23.2 Å². The fourth-order valence-electron chi connectivity index (χ4n) is 9.46. The van der Waals surface area contributed by atoms with Crippen molar-refractivity contribution in [3.05, 3.63) is 29.3 Å². The van der Waals surface area contributed by atoms with Crippen LogP contribution in [0.3, 0.4) is 0 Å². The van der Waals surface area contributed by atoms with Gasteiger partial charge in [-0.2, -0.15) is 13.2 Å². The number of carbonyl (C=O) groups is 1. The van der Waals surface area contributed by atoms with Gasteiger partial charge in [-0.1, -0.05) is 6.07 Å². The zero-order chi connectivity index (χ0) is 23.5. The molecule has 3 saturated carbocycles. The fourth-order valence-corrected chi connectivity index (χ4v) is 9.46. The van der Waals surface area contributed by atoms with Gasteiger partial charge in [-0.25, -0.2) is 4.79 Å². The lowest BCUT2D eigenvalue weighted by Crippen LogP contribution is -2.70. The van der Waals surface area contributed by atoms with E-state index < -0.39 is 18.8 Å². The molecule has 0 aromatic heterocycles. The highest BCUT2D eigenvalue weighted by Gasteiger charge is 2.76. The second-order valence-electron chi connectivity index (χ2n) is 11.9. The summed E-state index contributed by atoms with van der Waals surface area (Å²) in [6.07, 6.45) is 3.21. The third kappa shape index (κ3) is 2.75. The number of carbonyl (C=O) groups excluding carboxylic acids is 1. The molecule has 5 nitrogen and oxygen atoms in total. The highest BCUT2D eigenvalue weighted by molar-refractivity contribution is 5.75. The molecule has 2 heterocycles. The van der Waals surface area contributed by atoms with Gasteiger partial charge in [0.05, 0.1) is 0 Å². The molecule has 34 heavy (non-hydrogen) atoms. The molecule has 1 aromatic rings. The average molecular weight is 476 g/mol. The Bertz CT molecular complexity index is 1040. The van der Waals surface area contributed by atoms with Crippen LogP contribution in [-0.2, 0) is 11.8 Å². The summed E-state index contributed by atoms with van der Waals surface area (Å²) in [4.78, 5) is 17.4. The lowest BCUT2D eigenvalue weighted by atomic mass is 9.43. The van der Waals surface area contributed by atoms with Gasteiger partial charge in [0.1, 0.15) is 12.3 Å². The number of hydrogen-bond donors (Lipinski definition) is 2. The molecule has 7 rings (SSSR count). The van der Waals surface area contributed by atoms with Gasteiger partial charge in [-0.05, 0) is 97.9 Å². The van der Waals surface area contributed by atoms with E-state index in [4.69, 9.17) is 0 Å². The van der Waals surface area contributed by atoms with Gasteiger partial charge < -0.3 is 15.3 Å². The molecule has 4 bridgehead atoms. The molecular weight excluding hydrogens is 443 g/mol. The minimum absolute atomic E-state index is 0.0298.